The van der Waals surface area contributed by atoms with Crippen LogP contribution in [0.2, 0.25) is 0 Å². The van der Waals surface area contributed by atoms with Crippen molar-refractivity contribution in [3.05, 3.63) is 59.7 Å². The van der Waals surface area contributed by atoms with Crippen LogP contribution in [0, 0.1) is 0 Å². The molecule has 0 aromatic heterocycles. The Morgan fingerprint density at radius 3 is 1.86 bits per heavy atom. The highest BCUT2D eigenvalue weighted by atomic mass is 16.4. The molecule has 0 radical (unpaired) electrons. The lowest BCUT2D eigenvalue weighted by atomic mass is 10.1. The van der Waals surface area contributed by atoms with Gasteiger partial charge in [0.25, 0.3) is 0 Å². The summed E-state index contributed by atoms with van der Waals surface area (Å²) in [6.07, 6.45) is 2.76. The van der Waals surface area contributed by atoms with Gasteiger partial charge in [-0.05, 0) is 12.1 Å². The first-order chi connectivity index (χ1) is 10.2. The first-order valence-electron chi connectivity index (χ1n) is 6.36. The Balaban J connectivity index is 2.28. The minimum atomic E-state index is -1.34. The molecule has 104 valence electrons. The third-order valence-electron chi connectivity index (χ3n) is 3.28. The van der Waals surface area contributed by atoms with E-state index in [0.29, 0.717) is 22.8 Å². The molecule has 21 heavy (non-hydrogen) atoms. The van der Waals surface area contributed by atoms with Gasteiger partial charge in [0.05, 0.1) is 11.4 Å². The fraction of sp³-hybridized carbons (Fsp3) is 0. The smallest absolute Gasteiger partial charge is 0.433 e. The monoisotopic (exact) mass is 280 g/mol. The van der Waals surface area contributed by atoms with Crippen LogP contribution < -0.4 is 5.01 Å². The molecule has 1 N–H and O–H groups in total. The number of para-hydroxylation sites is 2. The van der Waals surface area contributed by atoms with Gasteiger partial charge in [0.2, 0.25) is 6.41 Å². The van der Waals surface area contributed by atoms with Crippen LogP contribution in [0.1, 0.15) is 11.1 Å². The number of carbonyl (C=O) groups excluding carboxylic acids is 1. The van der Waals surface area contributed by atoms with Gasteiger partial charge in [0.1, 0.15) is 0 Å². The van der Waals surface area contributed by atoms with E-state index in [1.54, 1.807) is 24.3 Å². The van der Waals surface area contributed by atoms with Crippen molar-refractivity contribution >= 4 is 36.0 Å². The van der Waals surface area contributed by atoms with Crippen molar-refractivity contribution in [2.75, 3.05) is 5.01 Å². The maximum absolute atomic E-state index is 11.4. The fourth-order valence-electron chi connectivity index (χ4n) is 2.36. The van der Waals surface area contributed by atoms with E-state index in [2.05, 4.69) is 0 Å². The van der Waals surface area contributed by atoms with E-state index in [0.717, 1.165) is 11.1 Å². The summed E-state index contributed by atoms with van der Waals surface area (Å²) in [4.78, 5) is 22.7. The summed E-state index contributed by atoms with van der Waals surface area (Å²) in [6, 6.07) is 14.6. The van der Waals surface area contributed by atoms with Crippen LogP contribution in [0.25, 0.3) is 12.2 Å². The number of hydrogen-bond donors (Lipinski definition) is 1. The predicted octanol–water partition coefficient (Wildman–Crippen LogP) is 3.36. The van der Waals surface area contributed by atoms with Crippen molar-refractivity contribution in [2.24, 2.45) is 0 Å². The van der Waals surface area contributed by atoms with Crippen LogP contribution in [0.5, 0.6) is 0 Å². The highest BCUT2D eigenvalue weighted by Gasteiger charge is 2.26. The Morgan fingerprint density at radius 2 is 1.43 bits per heavy atom. The van der Waals surface area contributed by atoms with E-state index in [1.807, 2.05) is 36.4 Å². The summed E-state index contributed by atoms with van der Waals surface area (Å²) in [7, 11) is 0. The molecular formula is C16H12N2O3. The predicted molar refractivity (Wildman–Crippen MR) is 79.9 cm³/mol. The number of fused-ring (bicyclic) bond motifs is 2. The van der Waals surface area contributed by atoms with Gasteiger partial charge in [0, 0.05) is 11.1 Å². The molecule has 0 saturated heterocycles. The van der Waals surface area contributed by atoms with E-state index in [4.69, 9.17) is 0 Å². The largest absolute Gasteiger partial charge is 0.463 e. The maximum atomic E-state index is 11.4. The maximum Gasteiger partial charge on any atom is 0.433 e. The fourth-order valence-corrected chi connectivity index (χ4v) is 2.36. The van der Waals surface area contributed by atoms with Gasteiger partial charge in [-0.25, -0.2) is 9.80 Å². The number of rotatable bonds is 2. The molecule has 5 nitrogen and oxygen atoms in total. The van der Waals surface area contributed by atoms with Gasteiger partial charge in [-0.15, -0.1) is 5.01 Å². The minimum Gasteiger partial charge on any atom is -0.463 e. The first-order valence-corrected chi connectivity index (χ1v) is 6.36. The summed E-state index contributed by atoms with van der Waals surface area (Å²) in [6.45, 7) is 0. The number of benzene rings is 2. The van der Waals surface area contributed by atoms with Crippen LogP contribution in [-0.2, 0) is 4.79 Å². The highest BCUT2D eigenvalue weighted by Crippen LogP contribution is 2.36. The number of hydrogen-bond acceptors (Lipinski definition) is 3. The average Bonchev–Trinajstić information content (AvgIpc) is 2.66. The van der Waals surface area contributed by atoms with Gasteiger partial charge in [-0.2, -0.15) is 0 Å². The summed E-state index contributed by atoms with van der Waals surface area (Å²) < 4.78 is 0. The minimum absolute atomic E-state index is 0.293. The quantitative estimate of drug-likeness (QED) is 0.857. The number of carbonyl (C=O) groups is 2. The van der Waals surface area contributed by atoms with E-state index < -0.39 is 6.09 Å². The second kappa shape index (κ2) is 5.13. The molecule has 0 unspecified atom stereocenters. The zero-order chi connectivity index (χ0) is 14.8. The average molecular weight is 280 g/mol. The number of nitrogens with zero attached hydrogens (tertiary/aromatic N) is 2. The standard InChI is InChI=1S/C16H12N2O3/c19-11-17(16(20)21)18-14-7-3-1-5-12(14)9-10-13-6-2-4-8-15(13)18/h1-11H,(H,20,21). The van der Waals surface area contributed by atoms with Gasteiger partial charge >= 0.3 is 6.09 Å². The molecule has 2 aromatic carbocycles. The molecule has 1 heterocycles. The lowest BCUT2D eigenvalue weighted by molar-refractivity contribution is -0.116. The Bertz CT molecular complexity index is 690. The Hall–Kier alpha value is -3.08. The normalized spacial score (nSPS) is 12.1. The Labute approximate surface area is 121 Å². The van der Waals surface area contributed by atoms with Gasteiger partial charge < -0.3 is 5.11 Å². The molecule has 2 amide bonds. The van der Waals surface area contributed by atoms with Crippen LogP contribution in [0.15, 0.2) is 48.5 Å². The van der Waals surface area contributed by atoms with Crippen LogP contribution in [0.3, 0.4) is 0 Å². The topological polar surface area (TPSA) is 60.9 Å². The Morgan fingerprint density at radius 1 is 0.952 bits per heavy atom. The Kier molecular flexibility index (Phi) is 3.16. The van der Waals surface area contributed by atoms with Gasteiger partial charge in [-0.3, -0.25) is 4.79 Å². The molecule has 0 saturated carbocycles. The van der Waals surface area contributed by atoms with E-state index >= 15 is 0 Å². The van der Waals surface area contributed by atoms with Crippen molar-refractivity contribution in [1.29, 1.82) is 0 Å². The molecule has 0 atom stereocenters. The molecule has 1 aliphatic rings. The number of carboxylic acid groups (broad SMARTS) is 1. The zero-order valence-corrected chi connectivity index (χ0v) is 11.0. The lowest BCUT2D eigenvalue weighted by Crippen LogP contribution is -2.42. The van der Waals surface area contributed by atoms with Crippen molar-refractivity contribution < 1.29 is 14.7 Å². The molecule has 0 fully saturated rings. The molecule has 2 aromatic rings. The van der Waals surface area contributed by atoms with E-state index in [9.17, 15) is 14.7 Å². The van der Waals surface area contributed by atoms with Crippen LogP contribution in [0.4, 0.5) is 16.2 Å². The molecule has 0 spiro atoms. The second-order valence-corrected chi connectivity index (χ2v) is 4.50. The first kappa shape index (κ1) is 12.9. The third kappa shape index (κ3) is 2.14. The summed E-state index contributed by atoms with van der Waals surface area (Å²) >= 11 is 0. The highest BCUT2D eigenvalue weighted by molar-refractivity contribution is 5.93. The third-order valence-corrected chi connectivity index (χ3v) is 3.28. The van der Waals surface area contributed by atoms with Crippen molar-refractivity contribution in [3.63, 3.8) is 0 Å². The lowest BCUT2D eigenvalue weighted by Gasteiger charge is -2.31. The van der Waals surface area contributed by atoms with Crippen molar-refractivity contribution in [1.82, 2.24) is 5.01 Å². The zero-order valence-electron chi connectivity index (χ0n) is 11.0. The van der Waals surface area contributed by atoms with Crippen molar-refractivity contribution in [3.8, 4) is 0 Å². The van der Waals surface area contributed by atoms with Gasteiger partial charge in [0.15, 0.2) is 0 Å². The van der Waals surface area contributed by atoms with Crippen LogP contribution >= 0.6 is 0 Å². The summed E-state index contributed by atoms with van der Waals surface area (Å²) in [5, 5.41) is 11.3. The van der Waals surface area contributed by atoms with Crippen LogP contribution in [-0.4, -0.2) is 22.6 Å². The number of amides is 2. The van der Waals surface area contributed by atoms with E-state index in [1.165, 1.54) is 5.01 Å². The molecule has 3 rings (SSSR count). The number of anilines is 2. The van der Waals surface area contributed by atoms with Crippen molar-refractivity contribution in [2.45, 2.75) is 0 Å². The summed E-state index contributed by atoms with van der Waals surface area (Å²) in [5.74, 6) is 0. The molecule has 1 aliphatic heterocycles. The molecule has 5 heteroatoms. The molecule has 0 aliphatic carbocycles. The van der Waals surface area contributed by atoms with E-state index in [-0.39, 0.29) is 0 Å². The number of imide groups is 1. The number of hydrazine groups is 1. The van der Waals surface area contributed by atoms with Gasteiger partial charge in [-0.1, -0.05) is 48.6 Å². The molecule has 0 bridgehead atoms. The SMILES string of the molecule is O=CN(C(=O)O)N1c2ccccc2C=Cc2ccccc21. The second-order valence-electron chi connectivity index (χ2n) is 4.50. The molecular weight excluding hydrogens is 268 g/mol. The summed E-state index contributed by atoms with van der Waals surface area (Å²) in [5.41, 5.74) is 2.94.